The quantitative estimate of drug-likeness (QED) is 0.654. The van der Waals surface area contributed by atoms with Crippen LogP contribution in [0.4, 0.5) is 0 Å². The van der Waals surface area contributed by atoms with Gasteiger partial charge < -0.3 is 5.32 Å². The predicted molar refractivity (Wildman–Crippen MR) is 76.1 cm³/mol. The third kappa shape index (κ3) is 5.67. The molecule has 0 bridgehead atoms. The molecular weight excluding hydrogens is 248 g/mol. The molecule has 0 aromatic heterocycles. The van der Waals surface area contributed by atoms with Gasteiger partial charge in [0.2, 0.25) is 10.0 Å². The van der Waals surface area contributed by atoms with Crippen LogP contribution in [-0.2, 0) is 10.0 Å². The van der Waals surface area contributed by atoms with Gasteiger partial charge in [-0.1, -0.05) is 13.8 Å². The maximum Gasteiger partial charge on any atom is 0.214 e. The molecule has 0 radical (unpaired) electrons. The molecular formula is C13H28N2O2S. The Labute approximate surface area is 112 Å². The molecule has 0 aliphatic heterocycles. The molecule has 1 rings (SSSR count). The SMILES string of the molecule is CC(C)CC(C)N(C)S(=O)(=O)CCCNC1CC1. The van der Waals surface area contributed by atoms with E-state index in [2.05, 4.69) is 19.2 Å². The van der Waals surface area contributed by atoms with Crippen molar-refractivity contribution >= 4 is 10.0 Å². The lowest BCUT2D eigenvalue weighted by molar-refractivity contribution is 0.337. The number of hydrogen-bond donors (Lipinski definition) is 1. The molecule has 0 aromatic rings. The molecule has 0 amide bonds. The van der Waals surface area contributed by atoms with Gasteiger partial charge in [-0.2, -0.15) is 0 Å². The number of nitrogens with one attached hydrogen (secondary N) is 1. The van der Waals surface area contributed by atoms with E-state index in [0.29, 0.717) is 18.4 Å². The average Bonchev–Trinajstić information content (AvgIpc) is 3.06. The Kier molecular flexibility index (Phi) is 6.08. The summed E-state index contributed by atoms with van der Waals surface area (Å²) >= 11 is 0. The van der Waals surface area contributed by atoms with E-state index in [9.17, 15) is 8.42 Å². The summed E-state index contributed by atoms with van der Waals surface area (Å²) in [5.41, 5.74) is 0. The molecule has 0 spiro atoms. The van der Waals surface area contributed by atoms with E-state index in [1.165, 1.54) is 12.8 Å². The van der Waals surface area contributed by atoms with Gasteiger partial charge in [0.25, 0.3) is 0 Å². The summed E-state index contributed by atoms with van der Waals surface area (Å²) in [6, 6.07) is 0.747. The molecule has 1 unspecified atom stereocenters. The maximum absolute atomic E-state index is 12.1. The van der Waals surface area contributed by atoms with E-state index >= 15 is 0 Å². The average molecular weight is 276 g/mol. The van der Waals surface area contributed by atoms with Gasteiger partial charge in [-0.05, 0) is 45.1 Å². The van der Waals surface area contributed by atoms with Gasteiger partial charge in [-0.25, -0.2) is 12.7 Å². The molecule has 0 heterocycles. The highest BCUT2D eigenvalue weighted by atomic mass is 32.2. The van der Waals surface area contributed by atoms with E-state index in [1.54, 1.807) is 11.4 Å². The van der Waals surface area contributed by atoms with Crippen molar-refractivity contribution in [3.8, 4) is 0 Å². The molecule has 1 N–H and O–H groups in total. The second-order valence-electron chi connectivity index (χ2n) is 5.89. The number of nitrogens with zero attached hydrogens (tertiary/aromatic N) is 1. The van der Waals surface area contributed by atoms with Crippen molar-refractivity contribution in [2.45, 2.75) is 58.5 Å². The van der Waals surface area contributed by atoms with Crippen LogP contribution in [0.2, 0.25) is 0 Å². The minimum Gasteiger partial charge on any atom is -0.314 e. The molecule has 0 saturated heterocycles. The minimum atomic E-state index is -3.09. The fraction of sp³-hybridized carbons (Fsp3) is 1.00. The van der Waals surface area contributed by atoms with Crippen molar-refractivity contribution in [2.24, 2.45) is 5.92 Å². The van der Waals surface area contributed by atoms with Crippen molar-refractivity contribution in [3.63, 3.8) is 0 Å². The fourth-order valence-corrected chi connectivity index (χ4v) is 3.53. The number of hydrogen-bond acceptors (Lipinski definition) is 3. The summed E-state index contributed by atoms with van der Waals surface area (Å²) in [4.78, 5) is 0. The van der Waals surface area contributed by atoms with Gasteiger partial charge in [0.05, 0.1) is 5.75 Å². The van der Waals surface area contributed by atoms with E-state index in [4.69, 9.17) is 0 Å². The van der Waals surface area contributed by atoms with E-state index in [1.807, 2.05) is 6.92 Å². The molecule has 4 nitrogen and oxygen atoms in total. The third-order valence-electron chi connectivity index (χ3n) is 3.46. The summed E-state index contributed by atoms with van der Waals surface area (Å²) < 4.78 is 25.8. The summed E-state index contributed by atoms with van der Waals surface area (Å²) in [6.07, 6.45) is 4.11. The van der Waals surface area contributed by atoms with Gasteiger partial charge in [0, 0.05) is 19.1 Å². The Morgan fingerprint density at radius 3 is 2.39 bits per heavy atom. The fourth-order valence-electron chi connectivity index (χ4n) is 2.10. The first kappa shape index (κ1) is 15.9. The standard InChI is InChI=1S/C13H28N2O2S/c1-11(2)10-12(3)15(4)18(16,17)9-5-8-14-13-6-7-13/h11-14H,5-10H2,1-4H3. The Balaban J connectivity index is 2.30. The van der Waals surface area contributed by atoms with Gasteiger partial charge in [-0.3, -0.25) is 0 Å². The van der Waals surface area contributed by atoms with Crippen LogP contribution in [0.25, 0.3) is 0 Å². The van der Waals surface area contributed by atoms with Crippen LogP contribution in [0.1, 0.15) is 46.5 Å². The van der Waals surface area contributed by atoms with Crippen LogP contribution in [0.15, 0.2) is 0 Å². The van der Waals surface area contributed by atoms with Crippen LogP contribution in [0, 0.1) is 5.92 Å². The van der Waals surface area contributed by atoms with E-state index in [-0.39, 0.29) is 11.8 Å². The molecule has 1 fully saturated rings. The smallest absolute Gasteiger partial charge is 0.214 e. The van der Waals surface area contributed by atoms with E-state index < -0.39 is 10.0 Å². The molecule has 1 aliphatic rings. The lowest BCUT2D eigenvalue weighted by Gasteiger charge is -2.25. The molecule has 1 saturated carbocycles. The van der Waals surface area contributed by atoms with Gasteiger partial charge in [0.1, 0.15) is 0 Å². The third-order valence-corrected chi connectivity index (χ3v) is 5.50. The molecule has 108 valence electrons. The zero-order valence-corrected chi connectivity index (χ0v) is 13.0. The summed E-state index contributed by atoms with van der Waals surface area (Å²) in [5.74, 6) is 0.778. The topological polar surface area (TPSA) is 49.4 Å². The Morgan fingerprint density at radius 2 is 1.89 bits per heavy atom. The molecule has 1 atom stereocenters. The van der Waals surface area contributed by atoms with Crippen molar-refractivity contribution in [1.29, 1.82) is 0 Å². The zero-order chi connectivity index (χ0) is 13.8. The zero-order valence-electron chi connectivity index (χ0n) is 12.1. The highest BCUT2D eigenvalue weighted by Crippen LogP contribution is 2.18. The van der Waals surface area contributed by atoms with Crippen molar-refractivity contribution in [2.75, 3.05) is 19.3 Å². The van der Waals surface area contributed by atoms with Crippen molar-refractivity contribution in [3.05, 3.63) is 0 Å². The second kappa shape index (κ2) is 6.87. The lowest BCUT2D eigenvalue weighted by Crippen LogP contribution is -2.38. The highest BCUT2D eigenvalue weighted by Gasteiger charge is 2.24. The highest BCUT2D eigenvalue weighted by molar-refractivity contribution is 7.89. The van der Waals surface area contributed by atoms with Crippen LogP contribution >= 0.6 is 0 Å². The molecule has 5 heteroatoms. The van der Waals surface area contributed by atoms with Crippen LogP contribution in [0.3, 0.4) is 0 Å². The predicted octanol–water partition coefficient (Wildman–Crippen LogP) is 1.82. The first-order valence-corrected chi connectivity index (χ1v) is 8.63. The van der Waals surface area contributed by atoms with Crippen LogP contribution < -0.4 is 5.32 Å². The van der Waals surface area contributed by atoms with Crippen LogP contribution in [0.5, 0.6) is 0 Å². The molecule has 18 heavy (non-hydrogen) atoms. The maximum atomic E-state index is 12.1. The largest absolute Gasteiger partial charge is 0.314 e. The van der Waals surface area contributed by atoms with Crippen LogP contribution in [-0.4, -0.2) is 44.2 Å². The Bertz CT molecular complexity index is 337. The van der Waals surface area contributed by atoms with Crippen molar-refractivity contribution < 1.29 is 8.42 Å². The summed E-state index contributed by atoms with van der Waals surface area (Å²) in [6.45, 7) is 7.04. The monoisotopic (exact) mass is 276 g/mol. The summed E-state index contributed by atoms with van der Waals surface area (Å²) in [7, 11) is -1.38. The lowest BCUT2D eigenvalue weighted by atomic mass is 10.1. The number of sulfonamides is 1. The second-order valence-corrected chi connectivity index (χ2v) is 8.04. The first-order valence-electron chi connectivity index (χ1n) is 7.02. The Morgan fingerprint density at radius 1 is 1.28 bits per heavy atom. The Hall–Kier alpha value is -0.130. The van der Waals surface area contributed by atoms with Gasteiger partial charge in [-0.15, -0.1) is 0 Å². The van der Waals surface area contributed by atoms with Gasteiger partial charge in [0.15, 0.2) is 0 Å². The van der Waals surface area contributed by atoms with Gasteiger partial charge >= 0.3 is 0 Å². The first-order chi connectivity index (χ1) is 8.33. The van der Waals surface area contributed by atoms with Crippen molar-refractivity contribution in [1.82, 2.24) is 9.62 Å². The van der Waals surface area contributed by atoms with E-state index in [0.717, 1.165) is 13.0 Å². The summed E-state index contributed by atoms with van der Waals surface area (Å²) in [5, 5.41) is 3.35. The number of rotatable bonds is 9. The molecule has 1 aliphatic carbocycles. The molecule has 0 aromatic carbocycles. The normalized spacial score (nSPS) is 18.6. The minimum absolute atomic E-state index is 0.0893.